The minimum absolute atomic E-state index is 0.559. The van der Waals surface area contributed by atoms with E-state index in [-0.39, 0.29) is 0 Å². The molecule has 0 atom stereocenters. The molecule has 5 heteroatoms. The van der Waals surface area contributed by atoms with Crippen LogP contribution in [0.3, 0.4) is 0 Å². The van der Waals surface area contributed by atoms with E-state index < -0.39 is 17.2 Å². The van der Waals surface area contributed by atoms with Gasteiger partial charge in [0.1, 0.15) is 0 Å². The maximum absolute atomic E-state index is 11.9. The van der Waals surface area contributed by atoms with Gasteiger partial charge in [-0.05, 0) is 29.4 Å². The van der Waals surface area contributed by atoms with E-state index in [1.54, 1.807) is 6.08 Å². The predicted molar refractivity (Wildman–Crippen MR) is 78.3 cm³/mol. The zero-order valence-electron chi connectivity index (χ0n) is 10.5. The molecular weight excluding hydrogens is 272 g/mol. The van der Waals surface area contributed by atoms with Crippen molar-refractivity contribution in [1.29, 1.82) is 0 Å². The summed E-state index contributed by atoms with van der Waals surface area (Å²) in [6, 6.07) is 7.76. The van der Waals surface area contributed by atoms with Crippen molar-refractivity contribution in [3.63, 3.8) is 0 Å². The lowest BCUT2D eigenvalue weighted by atomic mass is 9.74. The van der Waals surface area contributed by atoms with Crippen LogP contribution in [-0.4, -0.2) is 11.8 Å². The van der Waals surface area contributed by atoms with Gasteiger partial charge in [-0.2, -0.15) is 0 Å². The third-order valence-electron chi connectivity index (χ3n) is 3.50. The first-order valence-corrected chi connectivity index (χ1v) is 6.86. The third kappa shape index (κ3) is 1.63. The Hall–Kier alpha value is -2.27. The average Bonchev–Trinajstić information content (AvgIpc) is 2.43. The number of hydrogen-bond acceptors (Lipinski definition) is 3. The van der Waals surface area contributed by atoms with Gasteiger partial charge in [-0.25, -0.2) is 0 Å². The highest BCUT2D eigenvalue weighted by Crippen LogP contribution is 2.49. The van der Waals surface area contributed by atoms with Gasteiger partial charge in [0.2, 0.25) is 11.8 Å². The van der Waals surface area contributed by atoms with Gasteiger partial charge in [0.25, 0.3) is 0 Å². The lowest BCUT2D eigenvalue weighted by molar-refractivity contribution is -0.134. The van der Waals surface area contributed by atoms with E-state index in [0.717, 1.165) is 15.4 Å². The van der Waals surface area contributed by atoms with Crippen LogP contribution in [0, 0.1) is 5.41 Å². The molecule has 0 aromatic heterocycles. The van der Waals surface area contributed by atoms with Crippen LogP contribution < -0.4 is 11.5 Å². The van der Waals surface area contributed by atoms with E-state index in [4.69, 9.17) is 11.5 Å². The Morgan fingerprint density at radius 1 is 1.10 bits per heavy atom. The number of thioether (sulfide) groups is 1. The summed E-state index contributed by atoms with van der Waals surface area (Å²) < 4.78 is 0. The zero-order chi connectivity index (χ0) is 14.3. The van der Waals surface area contributed by atoms with Gasteiger partial charge >= 0.3 is 0 Å². The summed E-state index contributed by atoms with van der Waals surface area (Å²) in [5, 5.41) is 0. The fraction of sp³-hybridized carbons (Fsp3) is 0.0667. The van der Waals surface area contributed by atoms with Crippen LogP contribution in [0.4, 0.5) is 0 Å². The van der Waals surface area contributed by atoms with Crippen molar-refractivity contribution in [1.82, 2.24) is 0 Å². The lowest BCUT2D eigenvalue weighted by Gasteiger charge is -2.33. The van der Waals surface area contributed by atoms with Crippen molar-refractivity contribution < 1.29 is 9.59 Å². The molecule has 0 saturated heterocycles. The van der Waals surface area contributed by atoms with Crippen LogP contribution in [0.15, 0.2) is 57.9 Å². The summed E-state index contributed by atoms with van der Waals surface area (Å²) >= 11 is 1.50. The Morgan fingerprint density at radius 2 is 1.80 bits per heavy atom. The first-order valence-electron chi connectivity index (χ1n) is 6.04. The smallest absolute Gasteiger partial charge is 0.241 e. The van der Waals surface area contributed by atoms with Crippen LogP contribution in [0.25, 0.3) is 6.08 Å². The largest absolute Gasteiger partial charge is 0.368 e. The monoisotopic (exact) mass is 284 g/mol. The Morgan fingerprint density at radius 3 is 2.50 bits per heavy atom. The van der Waals surface area contributed by atoms with E-state index in [1.165, 1.54) is 17.8 Å². The normalized spacial score (nSPS) is 18.4. The van der Waals surface area contributed by atoms with Crippen LogP contribution >= 0.6 is 11.8 Å². The number of primary amides is 2. The first kappa shape index (κ1) is 12.7. The maximum atomic E-state index is 11.9. The molecule has 3 rings (SSSR count). The molecule has 4 nitrogen and oxygen atoms in total. The van der Waals surface area contributed by atoms with Crippen molar-refractivity contribution >= 4 is 29.7 Å². The summed E-state index contributed by atoms with van der Waals surface area (Å²) in [7, 11) is 0. The second-order valence-electron chi connectivity index (χ2n) is 4.62. The Labute approximate surface area is 120 Å². The molecule has 2 amide bonds. The number of fused-ring (bicyclic) bond motifs is 2. The summed E-state index contributed by atoms with van der Waals surface area (Å²) in [6.07, 6.45) is 6.80. The van der Waals surface area contributed by atoms with Gasteiger partial charge in [-0.15, -0.1) is 0 Å². The first-order chi connectivity index (χ1) is 9.55. The van der Waals surface area contributed by atoms with Crippen LogP contribution in [-0.2, 0) is 9.59 Å². The zero-order valence-corrected chi connectivity index (χ0v) is 11.3. The molecule has 1 aliphatic carbocycles. The molecule has 0 fully saturated rings. The number of amides is 2. The summed E-state index contributed by atoms with van der Waals surface area (Å²) in [5.41, 5.74) is 10.9. The topological polar surface area (TPSA) is 86.2 Å². The van der Waals surface area contributed by atoms with Crippen molar-refractivity contribution in [3.05, 3.63) is 58.5 Å². The molecule has 0 saturated carbocycles. The average molecular weight is 284 g/mol. The van der Waals surface area contributed by atoms with Crippen LogP contribution in [0.2, 0.25) is 0 Å². The van der Waals surface area contributed by atoms with Crippen molar-refractivity contribution in [2.24, 2.45) is 16.9 Å². The Bertz CT molecular complexity index is 702. The molecular formula is C15H12N2O2S. The molecule has 0 bridgehead atoms. The van der Waals surface area contributed by atoms with Gasteiger partial charge in [-0.3, -0.25) is 9.59 Å². The highest BCUT2D eigenvalue weighted by molar-refractivity contribution is 8.03. The fourth-order valence-electron chi connectivity index (χ4n) is 2.45. The minimum Gasteiger partial charge on any atom is -0.368 e. The molecule has 0 unspecified atom stereocenters. The molecule has 100 valence electrons. The maximum Gasteiger partial charge on any atom is 0.241 e. The molecule has 0 radical (unpaired) electrons. The molecule has 1 aromatic carbocycles. The highest BCUT2D eigenvalue weighted by atomic mass is 32.2. The highest BCUT2D eigenvalue weighted by Gasteiger charge is 2.47. The molecule has 1 aliphatic heterocycles. The van der Waals surface area contributed by atoms with Crippen LogP contribution in [0.5, 0.6) is 0 Å². The summed E-state index contributed by atoms with van der Waals surface area (Å²) in [5.74, 6) is -1.50. The SMILES string of the molecule is NC(=O)C1(C(N)=O)C=CC=C2Sc3ccccc3C=C21. The molecule has 20 heavy (non-hydrogen) atoms. The van der Waals surface area contributed by atoms with E-state index in [9.17, 15) is 9.59 Å². The van der Waals surface area contributed by atoms with Gasteiger partial charge < -0.3 is 11.5 Å². The van der Waals surface area contributed by atoms with Gasteiger partial charge in [0.05, 0.1) is 0 Å². The van der Waals surface area contributed by atoms with Crippen molar-refractivity contribution in [2.75, 3.05) is 0 Å². The standard InChI is InChI=1S/C15H12N2O2S/c16-13(18)15(14(17)19)7-3-6-12-10(15)8-9-4-1-2-5-11(9)20-12/h1-8H,(H2,16,18)(H2,17,19). The molecule has 1 heterocycles. The number of benzene rings is 1. The fourth-order valence-corrected chi connectivity index (χ4v) is 3.55. The van der Waals surface area contributed by atoms with E-state index >= 15 is 0 Å². The summed E-state index contributed by atoms with van der Waals surface area (Å²) in [4.78, 5) is 25.6. The van der Waals surface area contributed by atoms with Gasteiger partial charge in [-0.1, -0.05) is 42.1 Å². The predicted octanol–water partition coefficient (Wildman–Crippen LogP) is 1.59. The van der Waals surface area contributed by atoms with Crippen molar-refractivity contribution in [2.45, 2.75) is 4.90 Å². The quantitative estimate of drug-likeness (QED) is 0.808. The number of nitrogens with two attached hydrogens (primary N) is 2. The molecule has 1 aromatic rings. The van der Waals surface area contributed by atoms with E-state index in [2.05, 4.69) is 0 Å². The van der Waals surface area contributed by atoms with E-state index in [1.807, 2.05) is 36.4 Å². The third-order valence-corrected chi connectivity index (χ3v) is 4.67. The second-order valence-corrected chi connectivity index (χ2v) is 5.71. The second kappa shape index (κ2) is 4.38. The number of allylic oxidation sites excluding steroid dienone is 3. The Kier molecular flexibility index (Phi) is 2.79. The van der Waals surface area contributed by atoms with Crippen molar-refractivity contribution in [3.8, 4) is 0 Å². The lowest BCUT2D eigenvalue weighted by Crippen LogP contribution is -2.48. The van der Waals surface area contributed by atoms with Gasteiger partial charge in [0.15, 0.2) is 5.41 Å². The van der Waals surface area contributed by atoms with Gasteiger partial charge in [0, 0.05) is 9.80 Å². The number of carbonyl (C=O) groups excluding carboxylic acids is 2. The molecule has 2 aliphatic rings. The summed E-state index contributed by atoms with van der Waals surface area (Å²) in [6.45, 7) is 0. The number of rotatable bonds is 2. The minimum atomic E-state index is -1.56. The molecule has 0 spiro atoms. The van der Waals surface area contributed by atoms with E-state index in [0.29, 0.717) is 5.57 Å². The Balaban J connectivity index is 2.26. The van der Waals surface area contributed by atoms with Crippen LogP contribution in [0.1, 0.15) is 5.56 Å². The number of carbonyl (C=O) groups is 2. The molecule has 4 N–H and O–H groups in total. The number of hydrogen-bond donors (Lipinski definition) is 2.